The van der Waals surface area contributed by atoms with Gasteiger partial charge in [-0.25, -0.2) is 0 Å². The summed E-state index contributed by atoms with van der Waals surface area (Å²) in [5.41, 5.74) is 0.514. The molecule has 1 N–H and O–H groups in total. The molecule has 1 aliphatic heterocycles. The van der Waals surface area contributed by atoms with Gasteiger partial charge in [-0.3, -0.25) is 0 Å². The van der Waals surface area contributed by atoms with Crippen molar-refractivity contribution in [1.82, 2.24) is 0 Å². The van der Waals surface area contributed by atoms with Gasteiger partial charge in [0.1, 0.15) is 0 Å². The molecule has 0 aromatic heterocycles. The summed E-state index contributed by atoms with van der Waals surface area (Å²) in [4.78, 5) is 0. The van der Waals surface area contributed by atoms with Crippen molar-refractivity contribution in [1.29, 1.82) is 0 Å². The van der Waals surface area contributed by atoms with Crippen molar-refractivity contribution in [3.05, 3.63) is 0 Å². The second kappa shape index (κ2) is 3.99. The molecule has 92 valence electrons. The molecule has 1 heterocycles. The van der Waals surface area contributed by atoms with Gasteiger partial charge in [0.2, 0.25) is 0 Å². The number of hydrogen-bond donors (Lipinski definition) is 1. The molecule has 3 rings (SSSR count). The molecule has 1 unspecified atom stereocenters. The first-order valence-electron chi connectivity index (χ1n) is 7.05. The maximum atomic E-state index is 9.50. The standard InChI is InChI=1S/C14H24O2/c15-11-13(5-3-6-13)10-12-4-9-14(16-12)7-1-2-8-14/h12,15H,1-11H2. The topological polar surface area (TPSA) is 29.5 Å². The molecule has 1 atom stereocenters. The third-order valence-electron chi connectivity index (χ3n) is 5.26. The Labute approximate surface area is 98.4 Å². The molecule has 2 saturated carbocycles. The Morgan fingerprint density at radius 3 is 2.31 bits per heavy atom. The normalized spacial score (nSPS) is 35.4. The van der Waals surface area contributed by atoms with Crippen LogP contribution in [0, 0.1) is 5.41 Å². The van der Waals surface area contributed by atoms with Crippen LogP contribution in [0.5, 0.6) is 0 Å². The van der Waals surface area contributed by atoms with E-state index in [1.54, 1.807) is 0 Å². The highest BCUT2D eigenvalue weighted by Crippen LogP contribution is 2.50. The second-order valence-electron chi connectivity index (χ2n) is 6.38. The lowest BCUT2D eigenvalue weighted by Gasteiger charge is -2.42. The van der Waals surface area contributed by atoms with E-state index in [4.69, 9.17) is 4.74 Å². The fourth-order valence-electron chi connectivity index (χ4n) is 4.01. The van der Waals surface area contributed by atoms with Crippen molar-refractivity contribution < 1.29 is 9.84 Å². The average molecular weight is 224 g/mol. The van der Waals surface area contributed by atoms with Crippen molar-refractivity contribution in [2.45, 2.75) is 75.9 Å². The van der Waals surface area contributed by atoms with E-state index in [1.165, 1.54) is 57.8 Å². The molecule has 16 heavy (non-hydrogen) atoms. The predicted octanol–water partition coefficient (Wildman–Crippen LogP) is 3.03. The van der Waals surface area contributed by atoms with Crippen LogP contribution >= 0.6 is 0 Å². The van der Waals surface area contributed by atoms with Crippen LogP contribution in [-0.4, -0.2) is 23.4 Å². The quantitative estimate of drug-likeness (QED) is 0.798. The number of aliphatic hydroxyl groups excluding tert-OH is 1. The summed E-state index contributed by atoms with van der Waals surface area (Å²) in [6.07, 6.45) is 13.1. The molecule has 1 spiro atoms. The summed E-state index contributed by atoms with van der Waals surface area (Å²) in [6, 6.07) is 0. The van der Waals surface area contributed by atoms with Crippen LogP contribution in [0.3, 0.4) is 0 Å². The smallest absolute Gasteiger partial charge is 0.0687 e. The van der Waals surface area contributed by atoms with Crippen molar-refractivity contribution in [2.24, 2.45) is 5.41 Å². The number of ether oxygens (including phenoxy) is 1. The van der Waals surface area contributed by atoms with E-state index >= 15 is 0 Å². The summed E-state index contributed by atoms with van der Waals surface area (Å²) in [5.74, 6) is 0. The summed E-state index contributed by atoms with van der Waals surface area (Å²) in [6.45, 7) is 0.375. The van der Waals surface area contributed by atoms with Gasteiger partial charge < -0.3 is 9.84 Å². The molecule has 0 radical (unpaired) electrons. The van der Waals surface area contributed by atoms with Crippen LogP contribution in [0.2, 0.25) is 0 Å². The number of rotatable bonds is 3. The van der Waals surface area contributed by atoms with Gasteiger partial charge >= 0.3 is 0 Å². The van der Waals surface area contributed by atoms with Crippen LogP contribution < -0.4 is 0 Å². The summed E-state index contributed by atoms with van der Waals surface area (Å²) < 4.78 is 6.33. The Bertz CT molecular complexity index is 246. The van der Waals surface area contributed by atoms with Crippen molar-refractivity contribution >= 4 is 0 Å². The molecule has 2 heteroatoms. The van der Waals surface area contributed by atoms with E-state index < -0.39 is 0 Å². The molecular formula is C14H24O2. The van der Waals surface area contributed by atoms with Gasteiger partial charge in [-0.05, 0) is 50.4 Å². The van der Waals surface area contributed by atoms with E-state index in [2.05, 4.69) is 0 Å². The van der Waals surface area contributed by atoms with Gasteiger partial charge in [0.25, 0.3) is 0 Å². The zero-order valence-electron chi connectivity index (χ0n) is 10.2. The minimum Gasteiger partial charge on any atom is -0.396 e. The van der Waals surface area contributed by atoms with Crippen LogP contribution in [0.1, 0.15) is 64.2 Å². The largest absolute Gasteiger partial charge is 0.396 e. The lowest BCUT2D eigenvalue weighted by Crippen LogP contribution is -2.37. The van der Waals surface area contributed by atoms with Crippen LogP contribution in [0.4, 0.5) is 0 Å². The summed E-state index contributed by atoms with van der Waals surface area (Å²) in [5, 5.41) is 9.50. The summed E-state index contributed by atoms with van der Waals surface area (Å²) in [7, 11) is 0. The molecule has 0 aromatic rings. The van der Waals surface area contributed by atoms with E-state index in [-0.39, 0.29) is 11.0 Å². The van der Waals surface area contributed by atoms with Gasteiger partial charge in [0, 0.05) is 6.61 Å². The highest BCUT2D eigenvalue weighted by Gasteiger charge is 2.46. The average Bonchev–Trinajstić information content (AvgIpc) is 2.84. The van der Waals surface area contributed by atoms with Crippen LogP contribution in [-0.2, 0) is 4.74 Å². The van der Waals surface area contributed by atoms with Gasteiger partial charge in [-0.2, -0.15) is 0 Å². The van der Waals surface area contributed by atoms with Gasteiger partial charge in [0.05, 0.1) is 11.7 Å². The Balaban J connectivity index is 1.57. The first kappa shape index (κ1) is 11.0. The Hall–Kier alpha value is -0.0800. The number of hydrogen-bond acceptors (Lipinski definition) is 2. The second-order valence-corrected chi connectivity index (χ2v) is 6.38. The van der Waals surface area contributed by atoms with Gasteiger partial charge in [-0.15, -0.1) is 0 Å². The molecular weight excluding hydrogens is 200 g/mol. The third kappa shape index (κ3) is 1.80. The number of aliphatic hydroxyl groups is 1. The molecule has 0 aromatic carbocycles. The lowest BCUT2D eigenvalue weighted by molar-refractivity contribution is -0.0752. The Morgan fingerprint density at radius 2 is 1.75 bits per heavy atom. The molecule has 2 aliphatic carbocycles. The van der Waals surface area contributed by atoms with Crippen LogP contribution in [0.25, 0.3) is 0 Å². The molecule has 0 amide bonds. The van der Waals surface area contributed by atoms with Crippen molar-refractivity contribution in [3.8, 4) is 0 Å². The van der Waals surface area contributed by atoms with E-state index in [0.717, 1.165) is 6.42 Å². The monoisotopic (exact) mass is 224 g/mol. The predicted molar refractivity (Wildman–Crippen MR) is 63.3 cm³/mol. The van der Waals surface area contributed by atoms with E-state index in [9.17, 15) is 5.11 Å². The zero-order valence-corrected chi connectivity index (χ0v) is 10.2. The fourth-order valence-corrected chi connectivity index (χ4v) is 4.01. The molecule has 2 nitrogen and oxygen atoms in total. The maximum Gasteiger partial charge on any atom is 0.0687 e. The highest BCUT2D eigenvalue weighted by atomic mass is 16.5. The molecule has 1 saturated heterocycles. The summed E-state index contributed by atoms with van der Waals surface area (Å²) >= 11 is 0. The van der Waals surface area contributed by atoms with Gasteiger partial charge in [-0.1, -0.05) is 19.3 Å². The highest BCUT2D eigenvalue weighted by molar-refractivity contribution is 4.96. The van der Waals surface area contributed by atoms with Gasteiger partial charge in [0.15, 0.2) is 0 Å². The first-order valence-corrected chi connectivity index (χ1v) is 7.05. The minimum atomic E-state index is 0.245. The fraction of sp³-hybridized carbons (Fsp3) is 1.00. The Kier molecular flexibility index (Phi) is 2.75. The Morgan fingerprint density at radius 1 is 1.00 bits per heavy atom. The SMILES string of the molecule is OCC1(CC2CCC3(CCCC3)O2)CCC1. The molecule has 0 bridgehead atoms. The molecule has 3 aliphatic rings. The van der Waals surface area contributed by atoms with Crippen molar-refractivity contribution in [3.63, 3.8) is 0 Å². The van der Waals surface area contributed by atoms with E-state index in [0.29, 0.717) is 12.7 Å². The lowest BCUT2D eigenvalue weighted by atomic mass is 9.66. The maximum absolute atomic E-state index is 9.50. The van der Waals surface area contributed by atoms with Crippen molar-refractivity contribution in [2.75, 3.05) is 6.61 Å². The van der Waals surface area contributed by atoms with Crippen LogP contribution in [0.15, 0.2) is 0 Å². The van der Waals surface area contributed by atoms with E-state index in [1.807, 2.05) is 0 Å². The zero-order chi connectivity index (χ0) is 11.1. The third-order valence-corrected chi connectivity index (χ3v) is 5.26. The minimum absolute atomic E-state index is 0.245. The first-order chi connectivity index (χ1) is 7.76. The molecule has 3 fully saturated rings.